The molecule has 16 heavy (non-hydrogen) atoms. The van der Waals surface area contributed by atoms with E-state index in [1.807, 2.05) is 0 Å². The van der Waals surface area contributed by atoms with Crippen molar-refractivity contribution >= 4 is 18.2 Å². The average Bonchev–Trinajstić information content (AvgIpc) is 2.24. The maximum atomic E-state index is 11.2. The first-order valence-electron chi connectivity index (χ1n) is 4.74. The Morgan fingerprint density at radius 2 is 2.06 bits per heavy atom. The van der Waals surface area contributed by atoms with Gasteiger partial charge in [-0.05, 0) is 6.08 Å². The number of rotatable bonds is 8. The van der Waals surface area contributed by atoms with Crippen LogP contribution in [0, 0.1) is 0 Å². The van der Waals surface area contributed by atoms with Crippen LogP contribution in [0.1, 0.15) is 6.42 Å². The number of aldehydes is 1. The third-order valence-electron chi connectivity index (χ3n) is 1.72. The van der Waals surface area contributed by atoms with Crippen LogP contribution < -0.4 is 0 Å². The second-order valence-corrected chi connectivity index (χ2v) is 3.01. The average molecular weight is 229 g/mol. The largest absolute Gasteiger partial charge is 0.481 e. The fraction of sp³-hybridized carbons (Fsp3) is 0.500. The second-order valence-electron chi connectivity index (χ2n) is 3.01. The van der Waals surface area contributed by atoms with Gasteiger partial charge in [-0.2, -0.15) is 0 Å². The van der Waals surface area contributed by atoms with Crippen LogP contribution in [0.25, 0.3) is 0 Å². The lowest BCUT2D eigenvalue weighted by Gasteiger charge is -2.14. The number of carbonyl (C=O) groups excluding carboxylic acids is 2. The summed E-state index contributed by atoms with van der Waals surface area (Å²) in [5.74, 6) is -1.22. The smallest absolute Gasteiger partial charge is 0.305 e. The summed E-state index contributed by atoms with van der Waals surface area (Å²) in [5, 5.41) is 8.32. The lowest BCUT2D eigenvalue weighted by molar-refractivity contribution is -0.138. The number of aliphatic carboxylic acids is 1. The minimum Gasteiger partial charge on any atom is -0.481 e. The molecule has 0 heterocycles. The molecule has 0 bridgehead atoms. The van der Waals surface area contributed by atoms with Crippen molar-refractivity contribution < 1.29 is 24.2 Å². The summed E-state index contributed by atoms with van der Waals surface area (Å²) in [6, 6.07) is 0. The van der Waals surface area contributed by atoms with Crippen molar-refractivity contribution in [3.05, 3.63) is 12.2 Å². The maximum absolute atomic E-state index is 11.2. The zero-order valence-electron chi connectivity index (χ0n) is 9.09. The lowest BCUT2D eigenvalue weighted by Crippen LogP contribution is -2.28. The summed E-state index contributed by atoms with van der Waals surface area (Å²) in [7, 11) is 1.57. The predicted octanol–water partition coefficient (Wildman–Crippen LogP) is -0.309. The number of carboxylic acids is 1. The molecule has 0 unspecified atom stereocenters. The highest BCUT2D eigenvalue weighted by Gasteiger charge is 2.04. The highest BCUT2D eigenvalue weighted by atomic mass is 16.5. The van der Waals surface area contributed by atoms with Crippen LogP contribution in [0.2, 0.25) is 0 Å². The van der Waals surface area contributed by atoms with Gasteiger partial charge in [-0.3, -0.25) is 14.4 Å². The zero-order chi connectivity index (χ0) is 12.4. The Bertz CT molecular complexity index is 274. The van der Waals surface area contributed by atoms with E-state index in [4.69, 9.17) is 9.84 Å². The van der Waals surface area contributed by atoms with E-state index in [0.29, 0.717) is 12.8 Å². The Morgan fingerprint density at radius 1 is 1.38 bits per heavy atom. The van der Waals surface area contributed by atoms with E-state index in [1.165, 1.54) is 4.90 Å². The van der Waals surface area contributed by atoms with E-state index >= 15 is 0 Å². The van der Waals surface area contributed by atoms with Gasteiger partial charge in [-0.1, -0.05) is 0 Å². The van der Waals surface area contributed by atoms with E-state index < -0.39 is 5.97 Å². The molecule has 0 radical (unpaired) electrons. The number of amides is 1. The zero-order valence-corrected chi connectivity index (χ0v) is 9.09. The molecule has 90 valence electrons. The first-order valence-corrected chi connectivity index (χ1v) is 4.74. The molecule has 0 fully saturated rings. The molecule has 0 aromatic heterocycles. The predicted molar refractivity (Wildman–Crippen MR) is 55.9 cm³/mol. The van der Waals surface area contributed by atoms with E-state index in [-0.39, 0.29) is 25.5 Å². The van der Waals surface area contributed by atoms with Crippen molar-refractivity contribution in [2.75, 3.05) is 26.8 Å². The fourth-order valence-electron chi connectivity index (χ4n) is 0.822. The summed E-state index contributed by atoms with van der Waals surface area (Å²) < 4.78 is 5.00. The lowest BCUT2D eigenvalue weighted by atomic mass is 10.4. The topological polar surface area (TPSA) is 83.9 Å². The number of allylic oxidation sites excluding steroid dienone is 1. The molecule has 0 spiro atoms. The van der Waals surface area contributed by atoms with Gasteiger partial charge in [0.2, 0.25) is 5.91 Å². The van der Waals surface area contributed by atoms with Crippen LogP contribution in [0.15, 0.2) is 12.2 Å². The van der Waals surface area contributed by atoms with Crippen LogP contribution in [0.3, 0.4) is 0 Å². The summed E-state index contributed by atoms with van der Waals surface area (Å²) in [6.07, 6.45) is 2.74. The van der Waals surface area contributed by atoms with E-state index in [1.54, 1.807) is 7.05 Å². The quantitative estimate of drug-likeness (QED) is 0.350. The Kier molecular flexibility index (Phi) is 7.70. The van der Waals surface area contributed by atoms with Crippen molar-refractivity contribution in [3.8, 4) is 0 Å². The second kappa shape index (κ2) is 8.60. The summed E-state index contributed by atoms with van der Waals surface area (Å²) in [5.41, 5.74) is 0. The Hall–Kier alpha value is -1.69. The van der Waals surface area contributed by atoms with Crippen LogP contribution in [0.4, 0.5) is 0 Å². The molecule has 0 aliphatic heterocycles. The van der Waals surface area contributed by atoms with Gasteiger partial charge < -0.3 is 14.7 Å². The number of carbonyl (C=O) groups is 3. The van der Waals surface area contributed by atoms with Crippen molar-refractivity contribution in [3.63, 3.8) is 0 Å². The first-order chi connectivity index (χ1) is 7.57. The third-order valence-corrected chi connectivity index (χ3v) is 1.72. The van der Waals surface area contributed by atoms with Gasteiger partial charge in [0.25, 0.3) is 0 Å². The molecule has 0 aromatic carbocycles. The molecule has 6 nitrogen and oxygen atoms in total. The van der Waals surface area contributed by atoms with Gasteiger partial charge >= 0.3 is 5.97 Å². The number of nitrogens with zero attached hydrogens (tertiary/aromatic N) is 1. The maximum Gasteiger partial charge on any atom is 0.305 e. The van der Waals surface area contributed by atoms with Crippen LogP contribution in [-0.2, 0) is 19.1 Å². The molecular weight excluding hydrogens is 214 g/mol. The normalized spacial score (nSPS) is 10.3. The molecule has 0 aliphatic rings. The molecule has 0 aromatic rings. The monoisotopic (exact) mass is 229 g/mol. The van der Waals surface area contributed by atoms with Crippen molar-refractivity contribution in [1.29, 1.82) is 0 Å². The van der Waals surface area contributed by atoms with Gasteiger partial charge in [0.1, 0.15) is 6.29 Å². The minimum atomic E-state index is -0.918. The number of hydrogen-bond acceptors (Lipinski definition) is 4. The summed E-state index contributed by atoms with van der Waals surface area (Å²) in [4.78, 5) is 32.7. The fourth-order valence-corrected chi connectivity index (χ4v) is 0.822. The number of likely N-dealkylation sites (N-methyl/N-ethyl adjacent to an activating group) is 1. The number of hydrogen-bond donors (Lipinski definition) is 1. The highest BCUT2D eigenvalue weighted by Crippen LogP contribution is 1.89. The van der Waals surface area contributed by atoms with Gasteiger partial charge in [0, 0.05) is 19.7 Å². The van der Waals surface area contributed by atoms with Crippen molar-refractivity contribution in [1.82, 2.24) is 4.90 Å². The van der Waals surface area contributed by atoms with Gasteiger partial charge in [-0.15, -0.1) is 0 Å². The molecule has 0 saturated carbocycles. The van der Waals surface area contributed by atoms with Gasteiger partial charge in [0.15, 0.2) is 0 Å². The van der Waals surface area contributed by atoms with Gasteiger partial charge in [0.05, 0.1) is 19.6 Å². The Morgan fingerprint density at radius 3 is 2.62 bits per heavy atom. The molecule has 0 aliphatic carbocycles. The van der Waals surface area contributed by atoms with E-state index in [2.05, 4.69) is 0 Å². The number of carboxylic acid groups (broad SMARTS) is 1. The van der Waals surface area contributed by atoms with E-state index in [9.17, 15) is 14.4 Å². The molecule has 0 saturated heterocycles. The molecule has 1 amide bonds. The molecule has 6 heteroatoms. The SMILES string of the molecule is CN(CCOCCC(=O)O)C(=O)/C=C\C=O. The molecule has 0 rings (SSSR count). The van der Waals surface area contributed by atoms with Crippen molar-refractivity contribution in [2.45, 2.75) is 6.42 Å². The highest BCUT2D eigenvalue weighted by molar-refractivity contribution is 5.90. The van der Waals surface area contributed by atoms with Crippen LogP contribution in [-0.4, -0.2) is 55.0 Å². The number of ether oxygens (including phenoxy) is 1. The molecule has 1 N–H and O–H groups in total. The summed E-state index contributed by atoms with van der Waals surface area (Å²) in [6.45, 7) is 0.744. The Balaban J connectivity index is 3.60. The van der Waals surface area contributed by atoms with E-state index in [0.717, 1.165) is 12.2 Å². The third kappa shape index (κ3) is 7.69. The summed E-state index contributed by atoms with van der Waals surface area (Å²) >= 11 is 0. The van der Waals surface area contributed by atoms with Crippen LogP contribution >= 0.6 is 0 Å². The van der Waals surface area contributed by atoms with Gasteiger partial charge in [-0.25, -0.2) is 0 Å². The molecule has 0 atom stereocenters. The standard InChI is InChI=1S/C10H15NO5/c1-11(9(13)3-2-6-12)5-8-16-7-4-10(14)15/h2-3,6H,4-5,7-8H2,1H3,(H,14,15)/b3-2-. The minimum absolute atomic E-state index is 0.0529. The molecular formula is C10H15NO5. The van der Waals surface area contributed by atoms with Crippen molar-refractivity contribution in [2.24, 2.45) is 0 Å². The van der Waals surface area contributed by atoms with Crippen LogP contribution in [0.5, 0.6) is 0 Å². The Labute approximate surface area is 93.5 Å². The first kappa shape index (κ1) is 14.3.